The molecule has 1 aromatic heterocycles. The van der Waals surface area contributed by atoms with E-state index in [-0.39, 0.29) is 0 Å². The van der Waals surface area contributed by atoms with E-state index in [1.807, 2.05) is 6.92 Å². The molecular weight excluding hydrogens is 270 g/mol. The van der Waals surface area contributed by atoms with Gasteiger partial charge in [0, 0.05) is 13.1 Å². The van der Waals surface area contributed by atoms with Crippen molar-refractivity contribution in [3.8, 4) is 5.75 Å². The van der Waals surface area contributed by atoms with Crippen molar-refractivity contribution in [3.05, 3.63) is 0 Å². The van der Waals surface area contributed by atoms with Crippen molar-refractivity contribution in [1.29, 1.82) is 0 Å². The van der Waals surface area contributed by atoms with Crippen molar-refractivity contribution in [1.82, 2.24) is 4.37 Å². The molecule has 0 atom stereocenters. The van der Waals surface area contributed by atoms with E-state index in [1.165, 1.54) is 24.4 Å². The molecule has 0 aliphatic heterocycles. The zero-order chi connectivity index (χ0) is 15.1. The first-order chi connectivity index (χ1) is 9.45. The van der Waals surface area contributed by atoms with Crippen LogP contribution in [0.15, 0.2) is 0 Å². The van der Waals surface area contributed by atoms with E-state index in [9.17, 15) is 0 Å². The van der Waals surface area contributed by atoms with Crippen LogP contribution in [-0.4, -0.2) is 24.1 Å². The summed E-state index contributed by atoms with van der Waals surface area (Å²) >= 11 is 1.45. The minimum Gasteiger partial charge on any atom is -0.487 e. The van der Waals surface area contributed by atoms with Gasteiger partial charge in [-0.3, -0.25) is 0 Å². The molecule has 0 radical (unpaired) electrons. The third-order valence-corrected chi connectivity index (χ3v) is 4.09. The fraction of sp³-hybridized carbons (Fsp3) is 0.800. The van der Waals surface area contributed by atoms with Gasteiger partial charge in [-0.15, -0.1) is 0 Å². The molecule has 0 saturated carbocycles. The minimum atomic E-state index is 0.519. The molecule has 0 saturated heterocycles. The van der Waals surface area contributed by atoms with Gasteiger partial charge in [0.1, 0.15) is 0 Å². The van der Waals surface area contributed by atoms with Crippen molar-refractivity contribution in [2.75, 3.05) is 30.3 Å². The highest BCUT2D eigenvalue weighted by atomic mass is 32.1. The van der Waals surface area contributed by atoms with Crippen LogP contribution in [-0.2, 0) is 0 Å². The zero-order valence-corrected chi connectivity index (χ0v) is 14.3. The SMILES string of the molecule is CCOc1c(N)nsc1N(CCC(C)C)CCC(C)C. The van der Waals surface area contributed by atoms with E-state index in [0.717, 1.165) is 23.8 Å². The van der Waals surface area contributed by atoms with Gasteiger partial charge in [-0.2, -0.15) is 4.37 Å². The maximum atomic E-state index is 5.92. The summed E-state index contributed by atoms with van der Waals surface area (Å²) in [4.78, 5) is 2.39. The van der Waals surface area contributed by atoms with Crippen molar-refractivity contribution in [2.45, 2.75) is 47.5 Å². The molecular formula is C15H29N3OS. The molecule has 0 fully saturated rings. The third kappa shape index (κ3) is 5.19. The third-order valence-electron chi connectivity index (χ3n) is 3.19. The molecule has 116 valence electrons. The molecule has 5 heteroatoms. The first-order valence-electron chi connectivity index (χ1n) is 7.58. The summed E-state index contributed by atoms with van der Waals surface area (Å²) < 4.78 is 9.95. The topological polar surface area (TPSA) is 51.4 Å². The van der Waals surface area contributed by atoms with Crippen molar-refractivity contribution < 1.29 is 4.74 Å². The largest absolute Gasteiger partial charge is 0.487 e. The quantitative estimate of drug-likeness (QED) is 0.748. The fourth-order valence-electron chi connectivity index (χ4n) is 1.91. The van der Waals surface area contributed by atoms with Crippen molar-refractivity contribution >= 4 is 22.4 Å². The van der Waals surface area contributed by atoms with Crippen LogP contribution in [0.5, 0.6) is 5.75 Å². The first-order valence-corrected chi connectivity index (χ1v) is 8.35. The van der Waals surface area contributed by atoms with Crippen molar-refractivity contribution in [3.63, 3.8) is 0 Å². The lowest BCUT2D eigenvalue weighted by molar-refractivity contribution is 0.342. The van der Waals surface area contributed by atoms with Crippen LogP contribution >= 0.6 is 11.5 Å². The van der Waals surface area contributed by atoms with E-state index in [2.05, 4.69) is 37.0 Å². The smallest absolute Gasteiger partial charge is 0.197 e. The van der Waals surface area contributed by atoms with Crippen LogP contribution in [0.2, 0.25) is 0 Å². The Labute approximate surface area is 127 Å². The predicted molar refractivity (Wildman–Crippen MR) is 88.8 cm³/mol. The number of anilines is 2. The lowest BCUT2D eigenvalue weighted by Crippen LogP contribution is -2.27. The summed E-state index contributed by atoms with van der Waals surface area (Å²) in [5.74, 6) is 2.67. The number of hydrogen-bond acceptors (Lipinski definition) is 5. The molecule has 0 bridgehead atoms. The lowest BCUT2D eigenvalue weighted by Gasteiger charge is -2.25. The highest BCUT2D eigenvalue weighted by molar-refractivity contribution is 7.11. The second-order valence-electron chi connectivity index (χ2n) is 5.99. The number of aromatic nitrogens is 1. The summed E-state index contributed by atoms with van der Waals surface area (Å²) in [6.45, 7) is 13.7. The zero-order valence-electron chi connectivity index (χ0n) is 13.5. The van der Waals surface area contributed by atoms with Crippen LogP contribution < -0.4 is 15.4 Å². The predicted octanol–water partition coefficient (Wildman–Crippen LogP) is 4.02. The maximum absolute atomic E-state index is 5.92. The van der Waals surface area contributed by atoms with Crippen LogP contribution in [0, 0.1) is 11.8 Å². The maximum Gasteiger partial charge on any atom is 0.197 e. The monoisotopic (exact) mass is 299 g/mol. The van der Waals surface area contributed by atoms with Gasteiger partial charge in [0.15, 0.2) is 16.6 Å². The standard InChI is InChI=1S/C15H29N3OS/c1-6-19-13-14(16)17-20-15(13)18(9-7-11(2)3)10-8-12(4)5/h11-12H,6-10H2,1-5H3,(H2,16,17). The highest BCUT2D eigenvalue weighted by Crippen LogP contribution is 2.38. The molecule has 0 spiro atoms. The fourth-order valence-corrected chi connectivity index (χ4v) is 2.72. The number of nitrogen functional groups attached to an aromatic ring is 1. The van der Waals surface area contributed by atoms with E-state index in [1.54, 1.807) is 0 Å². The molecule has 2 N–H and O–H groups in total. The molecule has 1 heterocycles. The molecule has 4 nitrogen and oxygen atoms in total. The second-order valence-corrected chi connectivity index (χ2v) is 6.74. The molecule has 0 aromatic carbocycles. The van der Waals surface area contributed by atoms with E-state index < -0.39 is 0 Å². The van der Waals surface area contributed by atoms with E-state index in [4.69, 9.17) is 10.5 Å². The molecule has 0 aliphatic rings. The Hall–Kier alpha value is -0.970. The number of hydrogen-bond donors (Lipinski definition) is 1. The highest BCUT2D eigenvalue weighted by Gasteiger charge is 2.19. The van der Waals surface area contributed by atoms with Crippen LogP contribution in [0.3, 0.4) is 0 Å². The van der Waals surface area contributed by atoms with Gasteiger partial charge in [-0.05, 0) is 43.1 Å². The Balaban J connectivity index is 2.84. The Kier molecular flexibility index (Phi) is 7.13. The van der Waals surface area contributed by atoms with Gasteiger partial charge in [-0.1, -0.05) is 27.7 Å². The average Bonchev–Trinajstić information content (AvgIpc) is 2.72. The Morgan fingerprint density at radius 2 is 1.70 bits per heavy atom. The number of ether oxygens (including phenoxy) is 1. The molecule has 1 aromatic rings. The van der Waals surface area contributed by atoms with Gasteiger partial charge in [0.2, 0.25) is 0 Å². The summed E-state index contributed by atoms with van der Waals surface area (Å²) in [6.07, 6.45) is 2.34. The number of nitrogens with two attached hydrogens (primary N) is 1. The first kappa shape index (κ1) is 17.1. The van der Waals surface area contributed by atoms with E-state index >= 15 is 0 Å². The lowest BCUT2D eigenvalue weighted by atomic mass is 10.1. The van der Waals surface area contributed by atoms with Gasteiger partial charge in [-0.25, -0.2) is 0 Å². The van der Waals surface area contributed by atoms with Crippen LogP contribution in [0.1, 0.15) is 47.5 Å². The van der Waals surface area contributed by atoms with Crippen LogP contribution in [0.4, 0.5) is 10.8 Å². The summed E-state index contributed by atoms with van der Waals surface area (Å²) in [7, 11) is 0. The Morgan fingerprint density at radius 1 is 1.15 bits per heavy atom. The summed E-state index contributed by atoms with van der Waals surface area (Å²) in [5, 5.41) is 1.09. The van der Waals surface area contributed by atoms with Crippen molar-refractivity contribution in [2.24, 2.45) is 11.8 Å². The second kappa shape index (κ2) is 8.35. The Morgan fingerprint density at radius 3 is 2.15 bits per heavy atom. The molecule has 0 amide bonds. The minimum absolute atomic E-state index is 0.519. The van der Waals surface area contributed by atoms with Gasteiger partial charge in [0.05, 0.1) is 6.61 Å². The summed E-state index contributed by atoms with van der Waals surface area (Å²) in [6, 6.07) is 0. The average molecular weight is 299 g/mol. The molecule has 1 rings (SSSR count). The molecule has 20 heavy (non-hydrogen) atoms. The number of rotatable bonds is 9. The number of nitrogens with zero attached hydrogens (tertiary/aromatic N) is 2. The van der Waals surface area contributed by atoms with Crippen LogP contribution in [0.25, 0.3) is 0 Å². The molecule has 0 aliphatic carbocycles. The Bertz CT molecular complexity index is 378. The van der Waals surface area contributed by atoms with E-state index in [0.29, 0.717) is 24.3 Å². The normalized spacial score (nSPS) is 11.3. The van der Waals surface area contributed by atoms with Gasteiger partial charge >= 0.3 is 0 Å². The summed E-state index contributed by atoms with van der Waals surface area (Å²) in [5.41, 5.74) is 5.92. The van der Waals surface area contributed by atoms with Gasteiger partial charge < -0.3 is 15.4 Å². The molecule has 0 unspecified atom stereocenters. The van der Waals surface area contributed by atoms with Gasteiger partial charge in [0.25, 0.3) is 0 Å².